The van der Waals surface area contributed by atoms with Gasteiger partial charge in [0.25, 0.3) is 0 Å². The zero-order valence-corrected chi connectivity index (χ0v) is 18.4. The molecule has 2 aromatic heterocycles. The Kier molecular flexibility index (Phi) is 5.14. The van der Waals surface area contributed by atoms with Crippen molar-refractivity contribution >= 4 is 28.4 Å². The summed E-state index contributed by atoms with van der Waals surface area (Å²) in [4.78, 5) is 25.2. The van der Waals surface area contributed by atoms with Gasteiger partial charge in [-0.1, -0.05) is 0 Å². The van der Waals surface area contributed by atoms with E-state index in [9.17, 15) is 9.18 Å². The first-order valence-electron chi connectivity index (χ1n) is 10.6. The quantitative estimate of drug-likeness (QED) is 0.544. The number of aliphatic imine (C=N–C) groups is 1. The number of nitrogens with two attached hydrogens (primary N) is 1. The molecule has 1 unspecified atom stereocenters. The van der Waals surface area contributed by atoms with Crippen LogP contribution in [0.15, 0.2) is 62.8 Å². The van der Waals surface area contributed by atoms with E-state index in [0.717, 1.165) is 32.0 Å². The summed E-state index contributed by atoms with van der Waals surface area (Å²) in [6.45, 7) is 3.77. The minimum absolute atomic E-state index is 0.0350. The van der Waals surface area contributed by atoms with E-state index >= 15 is 0 Å². The van der Waals surface area contributed by atoms with Crippen molar-refractivity contribution in [2.45, 2.75) is 5.79 Å². The van der Waals surface area contributed by atoms with Gasteiger partial charge in [0.05, 0.1) is 5.52 Å². The number of piperazine rings is 1. The van der Waals surface area contributed by atoms with Crippen LogP contribution < -0.4 is 27.0 Å². The maximum Gasteiger partial charge on any atom is 0.419 e. The average Bonchev–Trinajstić information content (AvgIpc) is 3.10. The molecule has 0 spiro atoms. The first kappa shape index (κ1) is 21.2. The second-order valence-electron chi connectivity index (χ2n) is 8.29. The second kappa shape index (κ2) is 8.01. The highest BCUT2D eigenvalue weighted by atomic mass is 19.1. The predicted octanol–water partition coefficient (Wildman–Crippen LogP) is 1.27. The Hall–Kier alpha value is -3.70. The number of nitrogens with zero attached hydrogens (tertiary/aromatic N) is 5. The molecular formula is C22H25FN8O2. The first-order chi connectivity index (χ1) is 15.8. The van der Waals surface area contributed by atoms with Gasteiger partial charge >= 0.3 is 5.76 Å². The summed E-state index contributed by atoms with van der Waals surface area (Å²) < 4.78 is 21.1. The highest BCUT2D eigenvalue weighted by Crippen LogP contribution is 2.25. The number of hydrogen-bond acceptors (Lipinski definition) is 9. The monoisotopic (exact) mass is 452 g/mol. The fraction of sp³-hybridized carbons (Fsp3) is 0.318. The van der Waals surface area contributed by atoms with Crippen LogP contribution in [0.25, 0.3) is 11.1 Å². The van der Waals surface area contributed by atoms with E-state index in [0.29, 0.717) is 22.4 Å². The van der Waals surface area contributed by atoms with Gasteiger partial charge < -0.3 is 24.9 Å². The molecule has 4 heterocycles. The Morgan fingerprint density at radius 3 is 2.70 bits per heavy atom. The van der Waals surface area contributed by atoms with Crippen LogP contribution in [0, 0.1) is 0 Å². The molecule has 1 atom stereocenters. The maximum atomic E-state index is 14.6. The molecule has 1 aromatic carbocycles. The minimum Gasteiger partial charge on any atom is -0.408 e. The molecule has 1 saturated heterocycles. The smallest absolute Gasteiger partial charge is 0.408 e. The van der Waals surface area contributed by atoms with Gasteiger partial charge in [0.1, 0.15) is 5.82 Å². The number of fused-ring (bicyclic) bond motifs is 1. The first-order valence-corrected chi connectivity index (χ1v) is 10.6. The second-order valence-corrected chi connectivity index (χ2v) is 8.29. The summed E-state index contributed by atoms with van der Waals surface area (Å²) in [5, 5.41) is 5.76. The van der Waals surface area contributed by atoms with Gasteiger partial charge in [-0.05, 0) is 37.4 Å². The van der Waals surface area contributed by atoms with Gasteiger partial charge in [-0.3, -0.25) is 10.3 Å². The van der Waals surface area contributed by atoms with Crippen LogP contribution in [-0.2, 0) is 12.8 Å². The van der Waals surface area contributed by atoms with Gasteiger partial charge in [-0.2, -0.15) is 0 Å². The molecule has 0 bridgehead atoms. The molecule has 0 amide bonds. The number of aryl methyl sites for hydroxylation is 1. The van der Waals surface area contributed by atoms with Gasteiger partial charge in [0, 0.05) is 56.9 Å². The summed E-state index contributed by atoms with van der Waals surface area (Å²) in [5.41, 5.74) is 8.63. The van der Waals surface area contributed by atoms with Crippen LogP contribution in [0.5, 0.6) is 0 Å². The van der Waals surface area contributed by atoms with E-state index < -0.39 is 17.4 Å². The number of oxazole rings is 1. The number of benzene rings is 1. The molecule has 172 valence electrons. The summed E-state index contributed by atoms with van der Waals surface area (Å²) in [6.07, 6.45) is 2.84. The Morgan fingerprint density at radius 2 is 1.97 bits per heavy atom. The van der Waals surface area contributed by atoms with E-state index in [1.54, 1.807) is 31.4 Å². The van der Waals surface area contributed by atoms with Crippen LogP contribution in [-0.4, -0.2) is 53.5 Å². The SMILES string of the molecule is CN1CCN(c2ccc(C3(N)N=C(Nc4ccc5oc(=O)n(C)c5c4)C(F)=CN3)cn2)CC1. The summed E-state index contributed by atoms with van der Waals surface area (Å²) in [5.74, 6) is -1.63. The predicted molar refractivity (Wildman–Crippen MR) is 125 cm³/mol. The fourth-order valence-corrected chi connectivity index (χ4v) is 3.91. The van der Waals surface area contributed by atoms with Crippen molar-refractivity contribution < 1.29 is 8.81 Å². The normalized spacial score (nSPS) is 21.5. The largest absolute Gasteiger partial charge is 0.419 e. The van der Waals surface area contributed by atoms with Crippen molar-refractivity contribution in [3.8, 4) is 0 Å². The third-order valence-corrected chi connectivity index (χ3v) is 6.00. The fourth-order valence-electron chi connectivity index (χ4n) is 3.91. The Bertz CT molecular complexity index is 1300. The standard InChI is InChI=1S/C22H25FN8O2/c1-29-7-9-31(10-8-29)19-6-3-14(12-25-19)22(24)26-13-16(23)20(28-22)27-15-4-5-18-17(11-15)30(2)21(32)33-18/h3-6,11-13,26H,7-10,24H2,1-2H3,(H,27,28). The summed E-state index contributed by atoms with van der Waals surface area (Å²) >= 11 is 0. The Morgan fingerprint density at radius 1 is 1.18 bits per heavy atom. The van der Waals surface area contributed by atoms with Crippen LogP contribution in [0.4, 0.5) is 15.9 Å². The number of nitrogens with one attached hydrogen (secondary N) is 2. The lowest BCUT2D eigenvalue weighted by molar-refractivity contribution is 0.312. The highest BCUT2D eigenvalue weighted by Gasteiger charge is 2.31. The van der Waals surface area contributed by atoms with Gasteiger partial charge in [-0.25, -0.2) is 19.2 Å². The molecule has 33 heavy (non-hydrogen) atoms. The van der Waals surface area contributed by atoms with Gasteiger partial charge in [0.15, 0.2) is 17.2 Å². The van der Waals surface area contributed by atoms with Crippen LogP contribution in [0.3, 0.4) is 0 Å². The highest BCUT2D eigenvalue weighted by molar-refractivity contribution is 6.07. The molecule has 0 saturated carbocycles. The van der Waals surface area contributed by atoms with Crippen molar-refractivity contribution in [2.24, 2.45) is 17.8 Å². The number of halogens is 1. The molecule has 10 nitrogen and oxygen atoms in total. The lowest BCUT2D eigenvalue weighted by Crippen LogP contribution is -2.50. The van der Waals surface area contributed by atoms with E-state index in [1.807, 2.05) is 12.1 Å². The topological polar surface area (TPSA) is 117 Å². The van der Waals surface area contributed by atoms with Crippen molar-refractivity contribution in [2.75, 3.05) is 43.4 Å². The van der Waals surface area contributed by atoms with E-state index in [1.165, 1.54) is 10.8 Å². The van der Waals surface area contributed by atoms with Gasteiger partial charge in [-0.15, -0.1) is 0 Å². The number of rotatable bonds is 3. The lowest BCUT2D eigenvalue weighted by Gasteiger charge is -2.34. The van der Waals surface area contributed by atoms with Crippen molar-refractivity contribution in [1.29, 1.82) is 0 Å². The average molecular weight is 452 g/mol. The van der Waals surface area contributed by atoms with Crippen LogP contribution >= 0.6 is 0 Å². The maximum absolute atomic E-state index is 14.6. The van der Waals surface area contributed by atoms with Crippen molar-refractivity contribution in [3.63, 3.8) is 0 Å². The van der Waals surface area contributed by atoms with Crippen molar-refractivity contribution in [1.82, 2.24) is 19.8 Å². The third-order valence-electron chi connectivity index (χ3n) is 6.00. The molecule has 0 aliphatic carbocycles. The summed E-state index contributed by atoms with van der Waals surface area (Å²) in [7, 11) is 3.70. The minimum atomic E-state index is -1.39. The number of aromatic nitrogens is 2. The van der Waals surface area contributed by atoms with E-state index in [-0.39, 0.29) is 5.84 Å². The molecule has 2 aliphatic heterocycles. The molecule has 2 aliphatic rings. The molecule has 0 radical (unpaired) electrons. The van der Waals surface area contributed by atoms with E-state index in [4.69, 9.17) is 10.2 Å². The number of pyridine rings is 1. The molecule has 3 aromatic rings. The van der Waals surface area contributed by atoms with E-state index in [2.05, 4.69) is 37.5 Å². The lowest BCUT2D eigenvalue weighted by atomic mass is 10.1. The molecular weight excluding hydrogens is 427 g/mol. The van der Waals surface area contributed by atoms with Crippen LogP contribution in [0.1, 0.15) is 5.56 Å². The Labute approximate surface area is 189 Å². The van der Waals surface area contributed by atoms with Gasteiger partial charge in [0.2, 0.25) is 5.79 Å². The van der Waals surface area contributed by atoms with Crippen molar-refractivity contribution in [3.05, 3.63) is 64.7 Å². The Balaban J connectivity index is 1.39. The zero-order chi connectivity index (χ0) is 23.2. The summed E-state index contributed by atoms with van der Waals surface area (Å²) in [6, 6.07) is 8.75. The zero-order valence-electron chi connectivity index (χ0n) is 18.4. The molecule has 1 fully saturated rings. The van der Waals surface area contributed by atoms with Crippen LogP contribution in [0.2, 0.25) is 0 Å². The molecule has 5 rings (SSSR count). The molecule has 4 N–H and O–H groups in total. The number of anilines is 2. The molecule has 11 heteroatoms. The number of hydrogen-bond donors (Lipinski definition) is 3. The third kappa shape index (κ3) is 3.96. The number of likely N-dealkylation sites (N-methyl/N-ethyl adjacent to an activating group) is 1. The number of amidine groups is 1.